The summed E-state index contributed by atoms with van der Waals surface area (Å²) in [6.07, 6.45) is 0.944. The molecular formula is C22H22N2OS. The fourth-order valence-electron chi connectivity index (χ4n) is 3.54. The van der Waals surface area contributed by atoms with Gasteiger partial charge in [0, 0.05) is 18.5 Å². The van der Waals surface area contributed by atoms with E-state index in [1.54, 1.807) is 0 Å². The molecule has 26 heavy (non-hydrogen) atoms. The third kappa shape index (κ3) is 3.34. The van der Waals surface area contributed by atoms with Crippen LogP contribution >= 0.6 is 11.8 Å². The van der Waals surface area contributed by atoms with Gasteiger partial charge in [0.25, 0.3) is 0 Å². The number of rotatable bonds is 3. The molecule has 3 nitrogen and oxygen atoms in total. The summed E-state index contributed by atoms with van der Waals surface area (Å²) in [7, 11) is 0. The van der Waals surface area contributed by atoms with E-state index in [1.165, 1.54) is 39.4 Å². The van der Waals surface area contributed by atoms with Gasteiger partial charge in [0.15, 0.2) is 0 Å². The van der Waals surface area contributed by atoms with Crippen LogP contribution in [-0.4, -0.2) is 28.1 Å². The minimum Gasteiger partial charge on any atom is -0.337 e. The van der Waals surface area contributed by atoms with Crippen LogP contribution in [0.1, 0.15) is 22.3 Å². The number of nitrogens with zero attached hydrogens (tertiary/aromatic N) is 2. The SMILES string of the molecule is Cc1cc(SCC(=O)N2CCc3ccccc3C2)nc2c(C)cccc12. The predicted molar refractivity (Wildman–Crippen MR) is 108 cm³/mol. The molecule has 0 saturated carbocycles. The molecule has 1 aliphatic rings. The Kier molecular flexibility index (Phi) is 4.68. The summed E-state index contributed by atoms with van der Waals surface area (Å²) in [5.74, 6) is 0.625. The molecule has 132 valence electrons. The van der Waals surface area contributed by atoms with E-state index in [9.17, 15) is 4.79 Å². The van der Waals surface area contributed by atoms with E-state index < -0.39 is 0 Å². The summed E-state index contributed by atoms with van der Waals surface area (Å²) in [6, 6.07) is 16.7. The molecule has 2 heterocycles. The van der Waals surface area contributed by atoms with E-state index in [1.807, 2.05) is 11.0 Å². The zero-order valence-electron chi connectivity index (χ0n) is 15.2. The zero-order chi connectivity index (χ0) is 18.1. The number of para-hydroxylation sites is 1. The zero-order valence-corrected chi connectivity index (χ0v) is 16.0. The third-order valence-corrected chi connectivity index (χ3v) is 5.95. The maximum absolute atomic E-state index is 12.7. The molecule has 4 heteroatoms. The Morgan fingerprint density at radius 2 is 1.88 bits per heavy atom. The lowest BCUT2D eigenvalue weighted by Crippen LogP contribution is -2.37. The van der Waals surface area contributed by atoms with E-state index in [4.69, 9.17) is 4.98 Å². The van der Waals surface area contributed by atoms with Crippen molar-refractivity contribution in [1.82, 2.24) is 9.88 Å². The number of hydrogen-bond donors (Lipinski definition) is 0. The molecular weight excluding hydrogens is 340 g/mol. The van der Waals surface area contributed by atoms with Gasteiger partial charge < -0.3 is 4.90 Å². The molecule has 0 bridgehead atoms. The van der Waals surface area contributed by atoms with Gasteiger partial charge >= 0.3 is 0 Å². The lowest BCUT2D eigenvalue weighted by molar-refractivity contribution is -0.129. The lowest BCUT2D eigenvalue weighted by Gasteiger charge is -2.28. The van der Waals surface area contributed by atoms with Gasteiger partial charge in [-0.1, -0.05) is 54.2 Å². The highest BCUT2D eigenvalue weighted by Crippen LogP contribution is 2.26. The number of hydrogen-bond acceptors (Lipinski definition) is 3. The molecule has 0 saturated heterocycles. The van der Waals surface area contributed by atoms with Crippen LogP contribution in [0.4, 0.5) is 0 Å². The number of aromatic nitrogens is 1. The fraction of sp³-hybridized carbons (Fsp3) is 0.273. The number of thioether (sulfide) groups is 1. The molecule has 0 spiro atoms. The second-order valence-corrected chi connectivity index (χ2v) is 7.87. The second-order valence-electron chi connectivity index (χ2n) is 6.87. The van der Waals surface area contributed by atoms with Crippen molar-refractivity contribution in [2.45, 2.75) is 31.8 Å². The Bertz CT molecular complexity index is 983. The third-order valence-electron chi connectivity index (χ3n) is 5.05. The number of amides is 1. The van der Waals surface area contributed by atoms with Crippen molar-refractivity contribution in [3.63, 3.8) is 0 Å². The van der Waals surface area contributed by atoms with Gasteiger partial charge in [0.1, 0.15) is 0 Å². The van der Waals surface area contributed by atoms with Crippen LogP contribution in [0, 0.1) is 13.8 Å². The van der Waals surface area contributed by atoms with Crippen molar-refractivity contribution in [2.75, 3.05) is 12.3 Å². The van der Waals surface area contributed by atoms with Crippen LogP contribution in [0.2, 0.25) is 0 Å². The first-order valence-electron chi connectivity index (χ1n) is 8.96. The summed E-state index contributed by atoms with van der Waals surface area (Å²) in [4.78, 5) is 19.4. The van der Waals surface area contributed by atoms with Crippen LogP contribution in [0.25, 0.3) is 10.9 Å². The number of benzene rings is 2. The number of fused-ring (bicyclic) bond motifs is 2. The summed E-state index contributed by atoms with van der Waals surface area (Å²) in [6.45, 7) is 5.72. The largest absolute Gasteiger partial charge is 0.337 e. The molecule has 0 unspecified atom stereocenters. The quantitative estimate of drug-likeness (QED) is 0.642. The standard InChI is InChI=1S/C22H22N2OS/c1-15-6-5-9-19-16(2)12-20(23-22(15)19)26-14-21(25)24-11-10-17-7-3-4-8-18(17)13-24/h3-9,12H,10-11,13-14H2,1-2H3. The van der Waals surface area contributed by atoms with Gasteiger partial charge in [-0.25, -0.2) is 4.98 Å². The Balaban J connectivity index is 1.47. The first-order chi connectivity index (χ1) is 12.6. The molecule has 4 rings (SSSR count). The Labute approximate surface area is 158 Å². The number of carbonyl (C=O) groups is 1. The first kappa shape index (κ1) is 17.1. The normalized spacial score (nSPS) is 13.7. The minimum atomic E-state index is 0.189. The first-order valence-corrected chi connectivity index (χ1v) is 9.95. The van der Waals surface area contributed by atoms with Crippen LogP contribution in [0.3, 0.4) is 0 Å². The number of carbonyl (C=O) groups excluding carboxylic acids is 1. The molecule has 0 aliphatic carbocycles. The maximum atomic E-state index is 12.7. The Morgan fingerprint density at radius 1 is 1.08 bits per heavy atom. The molecule has 0 fully saturated rings. The van der Waals surface area contributed by atoms with Crippen LogP contribution in [-0.2, 0) is 17.8 Å². The molecule has 0 radical (unpaired) electrons. The van der Waals surface area contributed by atoms with Gasteiger partial charge in [0.2, 0.25) is 5.91 Å². The molecule has 1 aromatic heterocycles. The molecule has 3 aromatic rings. The Hall–Kier alpha value is -2.33. The molecule has 0 atom stereocenters. The fourth-order valence-corrected chi connectivity index (χ4v) is 4.41. The molecule has 1 amide bonds. The average Bonchev–Trinajstić information content (AvgIpc) is 2.66. The minimum absolute atomic E-state index is 0.189. The van der Waals surface area contributed by atoms with E-state index in [-0.39, 0.29) is 5.91 Å². The van der Waals surface area contributed by atoms with Crippen molar-refractivity contribution >= 4 is 28.6 Å². The molecule has 1 aliphatic heterocycles. The smallest absolute Gasteiger partial charge is 0.233 e. The van der Waals surface area contributed by atoms with E-state index in [0.29, 0.717) is 5.75 Å². The topological polar surface area (TPSA) is 33.2 Å². The summed E-state index contributed by atoms with van der Waals surface area (Å²) >= 11 is 1.54. The van der Waals surface area contributed by atoms with Gasteiger partial charge in [-0.05, 0) is 48.6 Å². The second kappa shape index (κ2) is 7.12. The van der Waals surface area contributed by atoms with Gasteiger partial charge in [-0.15, -0.1) is 0 Å². The van der Waals surface area contributed by atoms with Gasteiger partial charge in [-0.2, -0.15) is 0 Å². The number of aryl methyl sites for hydroxylation is 2. The van der Waals surface area contributed by atoms with Crippen LogP contribution < -0.4 is 0 Å². The van der Waals surface area contributed by atoms with Crippen LogP contribution in [0.15, 0.2) is 53.6 Å². The van der Waals surface area contributed by atoms with Gasteiger partial charge in [0.05, 0.1) is 16.3 Å². The summed E-state index contributed by atoms with van der Waals surface area (Å²) < 4.78 is 0. The van der Waals surface area contributed by atoms with Crippen LogP contribution in [0.5, 0.6) is 0 Å². The Morgan fingerprint density at radius 3 is 2.73 bits per heavy atom. The highest BCUT2D eigenvalue weighted by molar-refractivity contribution is 7.99. The van der Waals surface area contributed by atoms with Crippen molar-refractivity contribution < 1.29 is 4.79 Å². The highest BCUT2D eigenvalue weighted by Gasteiger charge is 2.20. The van der Waals surface area contributed by atoms with E-state index >= 15 is 0 Å². The maximum Gasteiger partial charge on any atom is 0.233 e. The van der Waals surface area contributed by atoms with Gasteiger partial charge in [-0.3, -0.25) is 4.79 Å². The lowest BCUT2D eigenvalue weighted by atomic mass is 10.00. The average molecular weight is 362 g/mol. The monoisotopic (exact) mass is 362 g/mol. The van der Waals surface area contributed by atoms with Crippen molar-refractivity contribution in [3.8, 4) is 0 Å². The highest BCUT2D eigenvalue weighted by atomic mass is 32.2. The van der Waals surface area contributed by atoms with Crippen molar-refractivity contribution in [3.05, 3.63) is 70.8 Å². The summed E-state index contributed by atoms with van der Waals surface area (Å²) in [5, 5.41) is 2.11. The van der Waals surface area contributed by atoms with E-state index in [2.05, 4.69) is 56.3 Å². The summed E-state index contributed by atoms with van der Waals surface area (Å²) in [5.41, 5.74) is 6.06. The molecule has 2 aromatic carbocycles. The molecule has 0 N–H and O–H groups in total. The number of pyridine rings is 1. The van der Waals surface area contributed by atoms with Crippen molar-refractivity contribution in [1.29, 1.82) is 0 Å². The van der Waals surface area contributed by atoms with E-state index in [0.717, 1.165) is 30.1 Å². The predicted octanol–water partition coefficient (Wildman–Crippen LogP) is 4.53. The van der Waals surface area contributed by atoms with Crippen molar-refractivity contribution in [2.24, 2.45) is 0 Å².